The van der Waals surface area contributed by atoms with Crippen molar-refractivity contribution in [2.24, 2.45) is 17.1 Å². The molecule has 1 rings (SSSR count). The largest absolute Gasteiger partial charge is 0.341 e. The van der Waals surface area contributed by atoms with E-state index in [1.54, 1.807) is 0 Å². The molecule has 3 heteroatoms. The van der Waals surface area contributed by atoms with Crippen LogP contribution in [0, 0.1) is 11.3 Å². The van der Waals surface area contributed by atoms with Gasteiger partial charge in [-0.25, -0.2) is 0 Å². The van der Waals surface area contributed by atoms with Gasteiger partial charge in [0.15, 0.2) is 0 Å². The molecule has 1 saturated carbocycles. The van der Waals surface area contributed by atoms with E-state index in [-0.39, 0.29) is 17.4 Å². The summed E-state index contributed by atoms with van der Waals surface area (Å²) in [7, 11) is 0. The Hall–Kier alpha value is -0.570. The van der Waals surface area contributed by atoms with Gasteiger partial charge in [0.2, 0.25) is 5.91 Å². The standard InChI is InChI=1S/C13H26N2O/c1-5-15(9-10-7-6-8-10)12(16)11(14)13(2,3)4/h10-11H,5-9,14H2,1-4H3/t11-/m0/s1. The topological polar surface area (TPSA) is 46.3 Å². The van der Waals surface area contributed by atoms with Crippen LogP contribution in [0.4, 0.5) is 0 Å². The second-order valence-corrected chi connectivity index (χ2v) is 6.02. The highest BCUT2D eigenvalue weighted by Gasteiger charge is 2.32. The van der Waals surface area contributed by atoms with Crippen molar-refractivity contribution in [2.75, 3.05) is 13.1 Å². The van der Waals surface area contributed by atoms with Crippen molar-refractivity contribution < 1.29 is 4.79 Å². The average molecular weight is 226 g/mol. The smallest absolute Gasteiger partial charge is 0.240 e. The Morgan fingerprint density at radius 1 is 1.44 bits per heavy atom. The fourth-order valence-electron chi connectivity index (χ4n) is 1.93. The molecule has 1 atom stereocenters. The minimum Gasteiger partial charge on any atom is -0.341 e. The van der Waals surface area contributed by atoms with Crippen LogP contribution in [0.15, 0.2) is 0 Å². The van der Waals surface area contributed by atoms with Gasteiger partial charge in [-0.2, -0.15) is 0 Å². The fraction of sp³-hybridized carbons (Fsp3) is 0.923. The fourth-order valence-corrected chi connectivity index (χ4v) is 1.93. The lowest BCUT2D eigenvalue weighted by Gasteiger charge is -2.36. The van der Waals surface area contributed by atoms with E-state index in [4.69, 9.17) is 5.73 Å². The van der Waals surface area contributed by atoms with Gasteiger partial charge in [0.25, 0.3) is 0 Å². The highest BCUT2D eigenvalue weighted by molar-refractivity contribution is 5.82. The van der Waals surface area contributed by atoms with E-state index in [1.165, 1.54) is 19.3 Å². The Kier molecular flexibility index (Phi) is 4.36. The average Bonchev–Trinajstić information content (AvgIpc) is 2.13. The van der Waals surface area contributed by atoms with Crippen molar-refractivity contribution in [2.45, 2.75) is 53.0 Å². The second-order valence-electron chi connectivity index (χ2n) is 6.02. The molecule has 0 unspecified atom stereocenters. The third kappa shape index (κ3) is 3.21. The molecule has 0 saturated heterocycles. The van der Waals surface area contributed by atoms with Crippen molar-refractivity contribution in [3.63, 3.8) is 0 Å². The maximum absolute atomic E-state index is 12.2. The first kappa shape index (κ1) is 13.5. The number of hydrogen-bond acceptors (Lipinski definition) is 2. The Bertz CT molecular complexity index is 241. The summed E-state index contributed by atoms with van der Waals surface area (Å²) < 4.78 is 0. The van der Waals surface area contributed by atoms with Gasteiger partial charge in [-0.1, -0.05) is 27.2 Å². The Labute approximate surface area is 99.4 Å². The summed E-state index contributed by atoms with van der Waals surface area (Å²) in [6.07, 6.45) is 3.87. The van der Waals surface area contributed by atoms with Gasteiger partial charge in [-0.3, -0.25) is 4.79 Å². The predicted molar refractivity (Wildman–Crippen MR) is 67.0 cm³/mol. The van der Waals surface area contributed by atoms with Crippen LogP contribution in [-0.4, -0.2) is 29.9 Å². The van der Waals surface area contributed by atoms with E-state index in [1.807, 2.05) is 32.6 Å². The normalized spacial score (nSPS) is 19.1. The first-order valence-corrected chi connectivity index (χ1v) is 6.40. The zero-order chi connectivity index (χ0) is 12.3. The van der Waals surface area contributed by atoms with Crippen LogP contribution in [0.25, 0.3) is 0 Å². The molecule has 0 aliphatic heterocycles. The molecule has 0 aromatic heterocycles. The van der Waals surface area contributed by atoms with Crippen LogP contribution in [-0.2, 0) is 4.79 Å². The molecule has 1 amide bonds. The zero-order valence-corrected chi connectivity index (χ0v) is 11.1. The summed E-state index contributed by atoms with van der Waals surface area (Å²) in [5, 5.41) is 0. The van der Waals surface area contributed by atoms with Gasteiger partial charge in [-0.05, 0) is 31.1 Å². The summed E-state index contributed by atoms with van der Waals surface area (Å²) in [4.78, 5) is 14.1. The molecule has 1 aliphatic rings. The number of hydrogen-bond donors (Lipinski definition) is 1. The molecular weight excluding hydrogens is 200 g/mol. The second kappa shape index (κ2) is 5.17. The van der Waals surface area contributed by atoms with Crippen molar-refractivity contribution in [3.05, 3.63) is 0 Å². The maximum atomic E-state index is 12.2. The van der Waals surface area contributed by atoms with E-state index >= 15 is 0 Å². The third-order valence-electron chi connectivity index (χ3n) is 3.60. The quantitative estimate of drug-likeness (QED) is 0.797. The molecule has 0 aromatic rings. The van der Waals surface area contributed by atoms with E-state index in [9.17, 15) is 4.79 Å². The maximum Gasteiger partial charge on any atom is 0.240 e. The lowest BCUT2D eigenvalue weighted by atomic mass is 9.83. The Morgan fingerprint density at radius 3 is 2.31 bits per heavy atom. The van der Waals surface area contributed by atoms with Gasteiger partial charge in [0.1, 0.15) is 0 Å². The van der Waals surface area contributed by atoms with Gasteiger partial charge in [-0.15, -0.1) is 0 Å². The van der Waals surface area contributed by atoms with Crippen LogP contribution >= 0.6 is 0 Å². The number of likely N-dealkylation sites (N-methyl/N-ethyl adjacent to an activating group) is 1. The molecule has 3 nitrogen and oxygen atoms in total. The summed E-state index contributed by atoms with van der Waals surface area (Å²) in [6, 6.07) is -0.382. The van der Waals surface area contributed by atoms with Crippen LogP contribution in [0.3, 0.4) is 0 Å². The molecule has 0 bridgehead atoms. The van der Waals surface area contributed by atoms with Crippen LogP contribution in [0.5, 0.6) is 0 Å². The summed E-state index contributed by atoms with van der Waals surface area (Å²) in [5.74, 6) is 0.831. The Balaban J connectivity index is 2.54. The first-order valence-electron chi connectivity index (χ1n) is 6.40. The molecule has 0 spiro atoms. The Morgan fingerprint density at radius 2 is 2.00 bits per heavy atom. The first-order chi connectivity index (χ1) is 7.36. The lowest BCUT2D eigenvalue weighted by Crippen LogP contribution is -2.51. The number of carbonyl (C=O) groups is 1. The molecule has 16 heavy (non-hydrogen) atoms. The molecule has 94 valence electrons. The minimum absolute atomic E-state index is 0.113. The van der Waals surface area contributed by atoms with Crippen molar-refractivity contribution in [1.82, 2.24) is 4.90 Å². The predicted octanol–water partition coefficient (Wildman–Crippen LogP) is 2.01. The SMILES string of the molecule is CCN(CC1CCC1)C(=O)[C@H](N)C(C)(C)C. The van der Waals surface area contributed by atoms with E-state index < -0.39 is 0 Å². The zero-order valence-electron chi connectivity index (χ0n) is 11.1. The monoisotopic (exact) mass is 226 g/mol. The number of nitrogens with two attached hydrogens (primary N) is 1. The summed E-state index contributed by atoms with van der Waals surface area (Å²) >= 11 is 0. The third-order valence-corrected chi connectivity index (χ3v) is 3.60. The summed E-state index contributed by atoms with van der Waals surface area (Å²) in [6.45, 7) is 9.77. The molecule has 1 fully saturated rings. The van der Waals surface area contributed by atoms with E-state index in [0.717, 1.165) is 19.0 Å². The van der Waals surface area contributed by atoms with Crippen molar-refractivity contribution >= 4 is 5.91 Å². The van der Waals surface area contributed by atoms with Gasteiger partial charge >= 0.3 is 0 Å². The van der Waals surface area contributed by atoms with E-state index in [2.05, 4.69) is 0 Å². The van der Waals surface area contributed by atoms with Crippen LogP contribution < -0.4 is 5.73 Å². The van der Waals surface area contributed by atoms with Crippen LogP contribution in [0.1, 0.15) is 47.0 Å². The molecular formula is C13H26N2O. The van der Waals surface area contributed by atoms with Gasteiger partial charge in [0.05, 0.1) is 6.04 Å². The highest BCUT2D eigenvalue weighted by atomic mass is 16.2. The molecule has 0 heterocycles. The number of rotatable bonds is 4. The minimum atomic E-state index is -0.382. The number of amides is 1. The lowest BCUT2D eigenvalue weighted by molar-refractivity contribution is -0.135. The molecule has 0 aromatic carbocycles. The molecule has 2 N–H and O–H groups in total. The molecule has 0 radical (unpaired) electrons. The van der Waals surface area contributed by atoms with Crippen molar-refractivity contribution in [3.8, 4) is 0 Å². The van der Waals surface area contributed by atoms with Crippen LogP contribution in [0.2, 0.25) is 0 Å². The number of nitrogens with zero attached hydrogens (tertiary/aromatic N) is 1. The van der Waals surface area contributed by atoms with Gasteiger partial charge < -0.3 is 10.6 Å². The van der Waals surface area contributed by atoms with Gasteiger partial charge in [0, 0.05) is 13.1 Å². The van der Waals surface area contributed by atoms with Crippen molar-refractivity contribution in [1.29, 1.82) is 0 Å². The summed E-state index contributed by atoms with van der Waals surface area (Å²) in [5.41, 5.74) is 5.87. The number of carbonyl (C=O) groups excluding carboxylic acids is 1. The highest BCUT2D eigenvalue weighted by Crippen LogP contribution is 2.28. The molecule has 1 aliphatic carbocycles. The van der Waals surface area contributed by atoms with E-state index in [0.29, 0.717) is 0 Å².